The smallest absolute Gasteiger partial charge is 0.253 e. The second kappa shape index (κ2) is 10.6. The van der Waals surface area contributed by atoms with Crippen molar-refractivity contribution in [2.45, 2.75) is 57.8 Å². The Morgan fingerprint density at radius 3 is 2.32 bits per heavy atom. The zero-order chi connectivity index (χ0) is 19.8. The van der Waals surface area contributed by atoms with Crippen LogP contribution in [0.2, 0.25) is 0 Å². The van der Waals surface area contributed by atoms with Crippen LogP contribution in [0, 0.1) is 0 Å². The Bertz CT molecular complexity index is 630. The molecule has 1 aliphatic carbocycles. The van der Waals surface area contributed by atoms with E-state index in [0.29, 0.717) is 25.6 Å². The minimum Gasteiger partial charge on any atom is -0.355 e. The summed E-state index contributed by atoms with van der Waals surface area (Å²) in [7, 11) is 0. The van der Waals surface area contributed by atoms with Crippen molar-refractivity contribution in [3.63, 3.8) is 0 Å². The Morgan fingerprint density at radius 2 is 1.68 bits per heavy atom. The minimum absolute atomic E-state index is 0.0894. The lowest BCUT2D eigenvalue weighted by molar-refractivity contribution is -0.122. The second-order valence-corrected chi connectivity index (χ2v) is 8.23. The van der Waals surface area contributed by atoms with Crippen molar-refractivity contribution in [2.75, 3.05) is 39.3 Å². The van der Waals surface area contributed by atoms with E-state index < -0.39 is 0 Å². The molecule has 0 atom stereocenters. The number of hydrogen-bond donors (Lipinski definition) is 1. The molecule has 0 aromatic heterocycles. The van der Waals surface area contributed by atoms with Crippen molar-refractivity contribution >= 4 is 11.8 Å². The number of benzene rings is 1. The van der Waals surface area contributed by atoms with Crippen molar-refractivity contribution in [3.05, 3.63) is 35.4 Å². The van der Waals surface area contributed by atoms with Gasteiger partial charge in [-0.2, -0.15) is 0 Å². The Kier molecular flexibility index (Phi) is 7.90. The van der Waals surface area contributed by atoms with Crippen LogP contribution in [0.15, 0.2) is 24.3 Å². The van der Waals surface area contributed by atoms with Gasteiger partial charge in [0, 0.05) is 38.3 Å². The highest BCUT2D eigenvalue weighted by Gasteiger charge is 2.23. The van der Waals surface area contributed by atoms with E-state index in [0.717, 1.165) is 38.0 Å². The number of amides is 2. The first-order valence-corrected chi connectivity index (χ1v) is 11.1. The third-order valence-corrected chi connectivity index (χ3v) is 6.11. The van der Waals surface area contributed by atoms with E-state index in [2.05, 4.69) is 29.3 Å². The van der Waals surface area contributed by atoms with Crippen LogP contribution in [0.1, 0.15) is 73.7 Å². The van der Waals surface area contributed by atoms with Gasteiger partial charge in [-0.1, -0.05) is 44.7 Å². The predicted octanol–water partition coefficient (Wildman–Crippen LogP) is 3.41. The third-order valence-electron chi connectivity index (χ3n) is 6.11. The van der Waals surface area contributed by atoms with Crippen LogP contribution in [0.4, 0.5) is 0 Å². The number of piperazine rings is 1. The third kappa shape index (κ3) is 5.81. The standard InChI is InChI=1S/C23H35N3O2/c1-2-3-13-24-22(27)18-25-14-16-26(17-15-25)23(28)21-11-9-20(10-12-21)19-7-5-4-6-8-19/h9-12,19H,2-8,13-18H2,1H3,(H,24,27). The van der Waals surface area contributed by atoms with Crippen LogP contribution < -0.4 is 5.32 Å². The van der Waals surface area contributed by atoms with E-state index in [1.54, 1.807) is 0 Å². The number of unbranched alkanes of at least 4 members (excludes halogenated alkanes) is 1. The molecule has 1 aliphatic heterocycles. The summed E-state index contributed by atoms with van der Waals surface area (Å²) in [5.41, 5.74) is 2.17. The quantitative estimate of drug-likeness (QED) is 0.732. The first-order chi connectivity index (χ1) is 13.7. The van der Waals surface area contributed by atoms with Crippen LogP contribution >= 0.6 is 0 Å². The molecule has 1 saturated carbocycles. The zero-order valence-electron chi connectivity index (χ0n) is 17.3. The first kappa shape index (κ1) is 20.8. The van der Waals surface area contributed by atoms with Gasteiger partial charge in [0.05, 0.1) is 6.54 Å². The Morgan fingerprint density at radius 1 is 1.00 bits per heavy atom. The lowest BCUT2D eigenvalue weighted by Gasteiger charge is -2.34. The van der Waals surface area contributed by atoms with Crippen LogP contribution in [0.25, 0.3) is 0 Å². The Hall–Kier alpha value is -1.88. The number of carbonyl (C=O) groups is 2. The van der Waals surface area contributed by atoms with Gasteiger partial charge in [0.1, 0.15) is 0 Å². The summed E-state index contributed by atoms with van der Waals surface area (Å²) < 4.78 is 0. The summed E-state index contributed by atoms with van der Waals surface area (Å²) in [5, 5.41) is 2.96. The number of nitrogens with zero attached hydrogens (tertiary/aromatic N) is 2. The average molecular weight is 386 g/mol. The maximum atomic E-state index is 12.8. The largest absolute Gasteiger partial charge is 0.355 e. The molecule has 1 heterocycles. The van der Waals surface area contributed by atoms with Gasteiger partial charge >= 0.3 is 0 Å². The molecular formula is C23H35N3O2. The summed E-state index contributed by atoms with van der Waals surface area (Å²) >= 11 is 0. The normalized spacial score (nSPS) is 18.8. The van der Waals surface area contributed by atoms with Gasteiger partial charge in [-0.25, -0.2) is 0 Å². The molecular weight excluding hydrogens is 350 g/mol. The molecule has 1 saturated heterocycles. The van der Waals surface area contributed by atoms with Crippen LogP contribution in [-0.2, 0) is 4.79 Å². The molecule has 1 aromatic carbocycles. The van der Waals surface area contributed by atoms with Gasteiger partial charge in [-0.3, -0.25) is 14.5 Å². The van der Waals surface area contributed by atoms with Crippen molar-refractivity contribution in [1.82, 2.24) is 15.1 Å². The lowest BCUT2D eigenvalue weighted by Crippen LogP contribution is -2.51. The van der Waals surface area contributed by atoms with E-state index >= 15 is 0 Å². The summed E-state index contributed by atoms with van der Waals surface area (Å²) in [5.74, 6) is 0.874. The lowest BCUT2D eigenvalue weighted by atomic mass is 9.84. The first-order valence-electron chi connectivity index (χ1n) is 11.1. The highest BCUT2D eigenvalue weighted by atomic mass is 16.2. The average Bonchev–Trinajstić information content (AvgIpc) is 2.75. The molecule has 2 fully saturated rings. The summed E-state index contributed by atoms with van der Waals surface area (Å²) in [6.07, 6.45) is 8.68. The second-order valence-electron chi connectivity index (χ2n) is 8.23. The molecule has 0 spiro atoms. The molecule has 1 N–H and O–H groups in total. The molecule has 0 bridgehead atoms. The summed E-state index contributed by atoms with van der Waals surface area (Å²) in [4.78, 5) is 28.8. The Balaban J connectivity index is 1.45. The van der Waals surface area contributed by atoms with Crippen molar-refractivity contribution in [1.29, 1.82) is 0 Å². The van der Waals surface area contributed by atoms with E-state index in [-0.39, 0.29) is 11.8 Å². The fourth-order valence-electron chi connectivity index (χ4n) is 4.29. The van der Waals surface area contributed by atoms with Crippen LogP contribution in [0.5, 0.6) is 0 Å². The van der Waals surface area contributed by atoms with Gasteiger partial charge in [-0.15, -0.1) is 0 Å². The molecule has 2 amide bonds. The van der Waals surface area contributed by atoms with Gasteiger partial charge < -0.3 is 10.2 Å². The molecule has 3 rings (SSSR count). The minimum atomic E-state index is 0.0894. The van der Waals surface area contributed by atoms with Crippen molar-refractivity contribution < 1.29 is 9.59 Å². The molecule has 2 aliphatic rings. The number of hydrogen-bond acceptors (Lipinski definition) is 3. The van der Waals surface area contributed by atoms with E-state index in [4.69, 9.17) is 0 Å². The number of rotatable bonds is 7. The predicted molar refractivity (Wildman–Crippen MR) is 113 cm³/mol. The maximum absolute atomic E-state index is 12.8. The highest BCUT2D eigenvalue weighted by Crippen LogP contribution is 2.32. The summed E-state index contributed by atoms with van der Waals surface area (Å²) in [6.45, 7) is 6.19. The molecule has 154 valence electrons. The van der Waals surface area contributed by atoms with Crippen LogP contribution in [0.3, 0.4) is 0 Å². The molecule has 0 radical (unpaired) electrons. The fourth-order valence-corrected chi connectivity index (χ4v) is 4.29. The molecule has 1 aromatic rings. The van der Waals surface area contributed by atoms with E-state index in [9.17, 15) is 9.59 Å². The SMILES string of the molecule is CCCCNC(=O)CN1CCN(C(=O)c2ccc(C3CCCCC3)cc2)CC1. The fraction of sp³-hybridized carbons (Fsp3) is 0.652. The van der Waals surface area contributed by atoms with Gasteiger partial charge in [-0.05, 0) is 42.9 Å². The molecule has 28 heavy (non-hydrogen) atoms. The van der Waals surface area contributed by atoms with Crippen molar-refractivity contribution in [3.8, 4) is 0 Å². The number of carbonyl (C=O) groups excluding carboxylic acids is 2. The molecule has 5 nitrogen and oxygen atoms in total. The highest BCUT2D eigenvalue weighted by molar-refractivity contribution is 5.94. The maximum Gasteiger partial charge on any atom is 0.253 e. The van der Waals surface area contributed by atoms with Gasteiger partial charge in [0.2, 0.25) is 5.91 Å². The van der Waals surface area contributed by atoms with E-state index in [1.165, 1.54) is 37.7 Å². The van der Waals surface area contributed by atoms with Gasteiger partial charge in [0.15, 0.2) is 0 Å². The monoisotopic (exact) mass is 385 g/mol. The Labute approximate surface area is 169 Å². The topological polar surface area (TPSA) is 52.7 Å². The molecule has 5 heteroatoms. The zero-order valence-corrected chi connectivity index (χ0v) is 17.3. The number of nitrogens with one attached hydrogen (secondary N) is 1. The molecule has 0 unspecified atom stereocenters. The summed E-state index contributed by atoms with van der Waals surface area (Å²) in [6, 6.07) is 8.31. The van der Waals surface area contributed by atoms with Gasteiger partial charge in [0.25, 0.3) is 5.91 Å². The van der Waals surface area contributed by atoms with Crippen LogP contribution in [-0.4, -0.2) is 60.9 Å². The van der Waals surface area contributed by atoms with E-state index in [1.807, 2.05) is 17.0 Å². The van der Waals surface area contributed by atoms with Crippen molar-refractivity contribution in [2.24, 2.45) is 0 Å².